The van der Waals surface area contributed by atoms with Gasteiger partial charge in [0.2, 0.25) is 0 Å². The van der Waals surface area contributed by atoms with Gasteiger partial charge in [-0.2, -0.15) is 5.26 Å². The molecule has 0 aliphatic carbocycles. The molecule has 2 aromatic heterocycles. The molecular weight excluding hydrogens is 414 g/mol. The van der Waals surface area contributed by atoms with Crippen molar-refractivity contribution in [1.29, 1.82) is 5.26 Å². The topological polar surface area (TPSA) is 66.2 Å². The van der Waals surface area contributed by atoms with Gasteiger partial charge in [-0.1, -0.05) is 30.0 Å². The fourth-order valence-electron chi connectivity index (χ4n) is 3.10. The lowest BCUT2D eigenvalue weighted by molar-refractivity contribution is 0.228. The van der Waals surface area contributed by atoms with Crippen LogP contribution < -0.4 is 4.74 Å². The summed E-state index contributed by atoms with van der Waals surface area (Å²) in [6.45, 7) is 5.31. The summed E-state index contributed by atoms with van der Waals surface area (Å²) in [6.07, 6.45) is 0. The van der Waals surface area contributed by atoms with Crippen LogP contribution in [0.2, 0.25) is 0 Å². The number of rotatable bonds is 7. The second kappa shape index (κ2) is 10.3. The molecule has 5 nitrogen and oxygen atoms in total. The largest absolute Gasteiger partial charge is 0.494 e. The Kier molecular flexibility index (Phi) is 7.50. The van der Waals surface area contributed by atoms with Gasteiger partial charge >= 0.3 is 0 Å². The molecule has 1 aromatic carbocycles. The molecule has 0 unspecified atom stereocenters. The molecule has 0 spiro atoms. The molecule has 7 heteroatoms. The number of thiophene rings is 1. The van der Waals surface area contributed by atoms with Crippen LogP contribution in [0.5, 0.6) is 5.75 Å². The average Bonchev–Trinajstić information content (AvgIpc) is 3.33. The van der Waals surface area contributed by atoms with Gasteiger partial charge in [-0.15, -0.1) is 11.3 Å². The highest BCUT2D eigenvalue weighted by Gasteiger charge is 2.19. The van der Waals surface area contributed by atoms with Gasteiger partial charge in [-0.05, 0) is 49.1 Å². The van der Waals surface area contributed by atoms with E-state index in [9.17, 15) is 4.79 Å². The first kappa shape index (κ1) is 21.9. The lowest BCUT2D eigenvalue weighted by atomic mass is 10.0. The molecule has 0 bridgehead atoms. The van der Waals surface area contributed by atoms with Crippen LogP contribution in [0.15, 0.2) is 47.8 Å². The molecule has 3 rings (SSSR count). The van der Waals surface area contributed by atoms with Gasteiger partial charge in [0.1, 0.15) is 5.75 Å². The number of methoxy groups -OCH3 is 1. The Morgan fingerprint density at radius 2 is 1.97 bits per heavy atom. The number of nitriles is 1. The van der Waals surface area contributed by atoms with Crippen LogP contribution in [-0.2, 0) is 5.75 Å². The van der Waals surface area contributed by atoms with Gasteiger partial charge in [-0.3, -0.25) is 4.79 Å². The Hall–Kier alpha value is -2.82. The maximum Gasteiger partial charge on any atom is 0.281 e. The quantitative estimate of drug-likeness (QED) is 0.450. The van der Waals surface area contributed by atoms with Crippen LogP contribution in [0.3, 0.4) is 0 Å². The van der Waals surface area contributed by atoms with Crippen molar-refractivity contribution in [3.05, 3.63) is 59.1 Å². The lowest BCUT2D eigenvalue weighted by Crippen LogP contribution is -2.26. The third kappa shape index (κ3) is 4.84. The monoisotopic (exact) mass is 437 g/mol. The molecule has 0 atom stereocenters. The zero-order chi connectivity index (χ0) is 21.5. The summed E-state index contributed by atoms with van der Waals surface area (Å²) in [4.78, 5) is 20.2. The predicted molar refractivity (Wildman–Crippen MR) is 124 cm³/mol. The number of amides is 1. The highest BCUT2D eigenvalue weighted by Crippen LogP contribution is 2.38. The number of nitrogens with zero attached hydrogens (tertiary/aromatic N) is 3. The third-order valence-corrected chi connectivity index (χ3v) is 6.52. The number of carbonyl (C=O) groups is 1. The average molecular weight is 438 g/mol. The Morgan fingerprint density at radius 1 is 1.23 bits per heavy atom. The lowest BCUT2D eigenvalue weighted by Gasteiger charge is -2.19. The highest BCUT2D eigenvalue weighted by atomic mass is 32.2. The predicted octanol–water partition coefficient (Wildman–Crippen LogP) is 6.05. The van der Waals surface area contributed by atoms with Crippen molar-refractivity contribution in [3.8, 4) is 33.5 Å². The van der Waals surface area contributed by atoms with Crippen LogP contribution >= 0.6 is 23.1 Å². The Labute approximate surface area is 185 Å². The number of benzene rings is 1. The summed E-state index contributed by atoms with van der Waals surface area (Å²) in [6, 6.07) is 15.6. The minimum atomic E-state index is 0.0327. The summed E-state index contributed by atoms with van der Waals surface area (Å²) in [7, 11) is 1.62. The van der Waals surface area contributed by atoms with Crippen LogP contribution in [0.4, 0.5) is 4.79 Å². The van der Waals surface area contributed by atoms with Crippen molar-refractivity contribution >= 4 is 28.3 Å². The van der Waals surface area contributed by atoms with E-state index in [4.69, 9.17) is 15.0 Å². The normalized spacial score (nSPS) is 10.5. The summed E-state index contributed by atoms with van der Waals surface area (Å²) < 4.78 is 5.74. The molecule has 0 saturated carbocycles. The molecule has 1 amide bonds. The van der Waals surface area contributed by atoms with E-state index in [0.29, 0.717) is 30.2 Å². The van der Waals surface area contributed by atoms with Crippen LogP contribution in [0.25, 0.3) is 21.7 Å². The molecule has 0 aliphatic rings. The molecule has 30 heavy (non-hydrogen) atoms. The highest BCUT2D eigenvalue weighted by molar-refractivity contribution is 8.12. The fraction of sp³-hybridized carbons (Fsp3) is 0.261. The van der Waals surface area contributed by atoms with Crippen molar-refractivity contribution in [3.63, 3.8) is 0 Å². The van der Waals surface area contributed by atoms with Gasteiger partial charge in [0.25, 0.3) is 5.24 Å². The molecular formula is C23H23N3O2S2. The van der Waals surface area contributed by atoms with Gasteiger partial charge in [-0.25, -0.2) is 4.98 Å². The second-order valence-corrected chi connectivity index (χ2v) is 8.30. The maximum absolute atomic E-state index is 12.5. The summed E-state index contributed by atoms with van der Waals surface area (Å²) in [5, 5.41) is 11.1. The summed E-state index contributed by atoms with van der Waals surface area (Å²) in [5.74, 6) is 1.07. The van der Waals surface area contributed by atoms with Gasteiger partial charge in [0.15, 0.2) is 0 Å². The van der Waals surface area contributed by atoms with E-state index in [1.165, 1.54) is 11.8 Å². The fourth-order valence-corrected chi connectivity index (χ4v) is 4.69. The Balaban J connectivity index is 2.04. The molecule has 0 fully saturated rings. The second-order valence-electron chi connectivity index (χ2n) is 6.43. The van der Waals surface area contributed by atoms with Crippen LogP contribution in [-0.4, -0.2) is 35.3 Å². The molecule has 154 valence electrons. The summed E-state index contributed by atoms with van der Waals surface area (Å²) in [5.41, 5.74) is 4.01. The zero-order valence-electron chi connectivity index (χ0n) is 17.2. The van der Waals surface area contributed by atoms with Crippen molar-refractivity contribution < 1.29 is 9.53 Å². The maximum atomic E-state index is 12.5. The molecule has 0 N–H and O–H groups in total. The van der Waals surface area contributed by atoms with E-state index in [0.717, 1.165) is 27.4 Å². The first-order valence-corrected chi connectivity index (χ1v) is 11.5. The van der Waals surface area contributed by atoms with E-state index < -0.39 is 0 Å². The number of aromatic nitrogens is 1. The minimum absolute atomic E-state index is 0.0327. The van der Waals surface area contributed by atoms with Gasteiger partial charge in [0, 0.05) is 24.4 Å². The SMILES string of the molecule is CCN(CC)C(=O)SCc1nc(-c2cccs2)cc(-c2ccc(C#N)cc2)c1OC. The number of hydrogen-bond acceptors (Lipinski definition) is 6. The smallest absolute Gasteiger partial charge is 0.281 e. The van der Waals surface area contributed by atoms with E-state index in [-0.39, 0.29) is 5.24 Å². The number of thioether (sulfide) groups is 1. The van der Waals surface area contributed by atoms with Gasteiger partial charge < -0.3 is 9.64 Å². The van der Waals surface area contributed by atoms with Crippen LogP contribution in [0, 0.1) is 11.3 Å². The summed E-state index contributed by atoms with van der Waals surface area (Å²) >= 11 is 2.85. The molecule has 0 aliphatic heterocycles. The number of carbonyl (C=O) groups excluding carboxylic acids is 1. The van der Waals surface area contributed by atoms with Crippen molar-refractivity contribution in [1.82, 2.24) is 9.88 Å². The van der Waals surface area contributed by atoms with Crippen LogP contribution in [0.1, 0.15) is 25.1 Å². The number of pyridine rings is 1. The number of hydrogen-bond donors (Lipinski definition) is 0. The first-order chi connectivity index (χ1) is 14.6. The minimum Gasteiger partial charge on any atom is -0.494 e. The first-order valence-electron chi connectivity index (χ1n) is 9.65. The third-order valence-electron chi connectivity index (χ3n) is 4.70. The van der Waals surface area contributed by atoms with E-state index in [2.05, 4.69) is 6.07 Å². The van der Waals surface area contributed by atoms with E-state index in [1.807, 2.05) is 49.6 Å². The Bertz CT molecular complexity index is 1040. The van der Waals surface area contributed by atoms with Crippen molar-refractivity contribution in [2.24, 2.45) is 0 Å². The number of ether oxygens (including phenoxy) is 1. The molecule has 0 saturated heterocycles. The van der Waals surface area contributed by atoms with E-state index >= 15 is 0 Å². The van der Waals surface area contributed by atoms with Gasteiger partial charge in [0.05, 0.1) is 35.0 Å². The molecule has 3 aromatic rings. The standard InChI is InChI=1S/C23H23N3O2S2/c1-4-26(5-2)23(27)30-15-20-22(28-3)18(17-10-8-16(14-24)9-11-17)13-19(25-20)21-7-6-12-29-21/h6-13H,4-5,15H2,1-3H3. The Morgan fingerprint density at radius 3 is 2.53 bits per heavy atom. The zero-order valence-corrected chi connectivity index (χ0v) is 18.8. The van der Waals surface area contributed by atoms with E-state index in [1.54, 1.807) is 35.5 Å². The molecule has 0 radical (unpaired) electrons. The molecule has 2 heterocycles. The van der Waals surface area contributed by atoms with Crippen molar-refractivity contribution in [2.75, 3.05) is 20.2 Å². The van der Waals surface area contributed by atoms with Crippen molar-refractivity contribution in [2.45, 2.75) is 19.6 Å².